The summed E-state index contributed by atoms with van der Waals surface area (Å²) in [5.74, 6) is 0.422. The minimum Gasteiger partial charge on any atom is -0.295 e. The van der Waals surface area contributed by atoms with Crippen LogP contribution in [0.1, 0.15) is 22.1 Å². The number of nitrogens with one attached hydrogen (secondary N) is 1. The van der Waals surface area contributed by atoms with E-state index in [4.69, 9.17) is 0 Å². The van der Waals surface area contributed by atoms with Crippen molar-refractivity contribution in [3.63, 3.8) is 0 Å². The van der Waals surface area contributed by atoms with Gasteiger partial charge < -0.3 is 0 Å². The number of hydrogen-bond acceptors (Lipinski definition) is 4. The van der Waals surface area contributed by atoms with Crippen molar-refractivity contribution in [3.05, 3.63) is 87.9 Å². The number of amides is 1. The zero-order chi connectivity index (χ0) is 22.2. The van der Waals surface area contributed by atoms with Crippen LogP contribution in [-0.2, 0) is 14.8 Å². The molecule has 0 aromatic heterocycles. The molecule has 3 aromatic carbocycles. The highest BCUT2D eigenvalue weighted by molar-refractivity contribution is 9.10. The first-order valence-corrected chi connectivity index (χ1v) is 13.0. The number of benzene rings is 3. The van der Waals surface area contributed by atoms with Crippen LogP contribution < -0.4 is 9.62 Å². The van der Waals surface area contributed by atoms with Gasteiger partial charge in [-0.15, -0.1) is 11.8 Å². The van der Waals surface area contributed by atoms with E-state index in [0.29, 0.717) is 11.4 Å². The van der Waals surface area contributed by atoms with Crippen molar-refractivity contribution in [2.24, 2.45) is 0 Å². The second kappa shape index (κ2) is 8.68. The molecule has 1 saturated heterocycles. The van der Waals surface area contributed by atoms with E-state index in [9.17, 15) is 13.2 Å². The van der Waals surface area contributed by atoms with Gasteiger partial charge in [0.25, 0.3) is 10.0 Å². The highest BCUT2D eigenvalue weighted by Crippen LogP contribution is 2.42. The van der Waals surface area contributed by atoms with Gasteiger partial charge in [-0.25, -0.2) is 8.42 Å². The van der Waals surface area contributed by atoms with Crippen LogP contribution in [0, 0.1) is 13.8 Å². The summed E-state index contributed by atoms with van der Waals surface area (Å²) in [5, 5.41) is -0.216. The molecule has 0 bridgehead atoms. The third kappa shape index (κ3) is 4.66. The Bertz CT molecular complexity index is 1240. The first-order chi connectivity index (χ1) is 14.7. The Morgan fingerprint density at radius 3 is 2.45 bits per heavy atom. The molecule has 4 rings (SSSR count). The maximum atomic E-state index is 12.8. The molecule has 8 heteroatoms. The summed E-state index contributed by atoms with van der Waals surface area (Å²) in [6.07, 6.45) is 0. The molecule has 0 spiro atoms. The Balaban J connectivity index is 1.63. The summed E-state index contributed by atoms with van der Waals surface area (Å²) < 4.78 is 29.0. The van der Waals surface area contributed by atoms with Crippen molar-refractivity contribution < 1.29 is 13.2 Å². The van der Waals surface area contributed by atoms with Gasteiger partial charge in [0.05, 0.1) is 10.6 Å². The van der Waals surface area contributed by atoms with E-state index in [1.807, 2.05) is 38.1 Å². The Hall–Kier alpha value is -2.29. The molecule has 1 amide bonds. The van der Waals surface area contributed by atoms with Crippen molar-refractivity contribution in [2.45, 2.75) is 24.1 Å². The van der Waals surface area contributed by atoms with Crippen LogP contribution in [0.25, 0.3) is 0 Å². The molecule has 1 aliphatic rings. The van der Waals surface area contributed by atoms with Gasteiger partial charge in [0.15, 0.2) is 0 Å². The van der Waals surface area contributed by atoms with Crippen LogP contribution in [-0.4, -0.2) is 20.1 Å². The van der Waals surface area contributed by atoms with Gasteiger partial charge >= 0.3 is 0 Å². The lowest BCUT2D eigenvalue weighted by Gasteiger charge is -2.25. The number of nitrogens with zero attached hydrogens (tertiary/aromatic N) is 1. The summed E-state index contributed by atoms with van der Waals surface area (Å²) in [6.45, 7) is 4.07. The van der Waals surface area contributed by atoms with Gasteiger partial charge in [-0.2, -0.15) is 0 Å². The standard InChI is InChI=1S/C23H21BrN2O3S2/c1-15-6-9-20(12-16(15)2)26-22(27)14-30-23(26)17-4-3-5-19(13-17)25-31(28,29)21-10-7-18(24)8-11-21/h3-13,23,25H,14H2,1-2H3. The third-order valence-corrected chi connectivity index (χ3v) is 8.32. The van der Waals surface area contributed by atoms with Gasteiger partial charge in [-0.1, -0.05) is 34.1 Å². The van der Waals surface area contributed by atoms with Gasteiger partial charge in [0, 0.05) is 15.8 Å². The molecule has 0 radical (unpaired) electrons. The fraction of sp³-hybridized carbons (Fsp3) is 0.174. The molecule has 1 aliphatic heterocycles. The number of aryl methyl sites for hydroxylation is 2. The molecule has 1 atom stereocenters. The first kappa shape index (κ1) is 21.9. The fourth-order valence-electron chi connectivity index (χ4n) is 3.41. The van der Waals surface area contributed by atoms with Crippen LogP contribution in [0.5, 0.6) is 0 Å². The molecular formula is C23H21BrN2O3S2. The summed E-state index contributed by atoms with van der Waals surface area (Å²) in [5.41, 5.74) is 4.47. The van der Waals surface area contributed by atoms with Crippen LogP contribution in [0.4, 0.5) is 11.4 Å². The summed E-state index contributed by atoms with van der Waals surface area (Å²) in [4.78, 5) is 14.6. The molecule has 0 saturated carbocycles. The fourth-order valence-corrected chi connectivity index (χ4v) is 5.89. The smallest absolute Gasteiger partial charge is 0.261 e. The number of rotatable bonds is 5. The number of halogens is 1. The number of hydrogen-bond donors (Lipinski definition) is 1. The predicted octanol–water partition coefficient (Wildman–Crippen LogP) is 5.65. The molecule has 0 aliphatic carbocycles. The van der Waals surface area contributed by atoms with Gasteiger partial charge in [0.1, 0.15) is 5.37 Å². The topological polar surface area (TPSA) is 66.5 Å². The second-order valence-corrected chi connectivity index (χ2v) is 11.0. The van der Waals surface area contributed by atoms with Gasteiger partial charge in [-0.05, 0) is 79.1 Å². The zero-order valence-corrected chi connectivity index (χ0v) is 20.2. The monoisotopic (exact) mass is 516 g/mol. The number of sulfonamides is 1. The van der Waals surface area contributed by atoms with Crippen molar-refractivity contribution in [1.29, 1.82) is 0 Å². The predicted molar refractivity (Wildman–Crippen MR) is 130 cm³/mol. The Morgan fingerprint density at radius 1 is 1.00 bits per heavy atom. The number of carbonyl (C=O) groups is 1. The molecule has 1 N–H and O–H groups in total. The molecule has 3 aromatic rings. The average molecular weight is 517 g/mol. The van der Waals surface area contributed by atoms with Crippen molar-refractivity contribution in [3.8, 4) is 0 Å². The number of carbonyl (C=O) groups excluding carboxylic acids is 1. The molecule has 5 nitrogen and oxygen atoms in total. The zero-order valence-electron chi connectivity index (χ0n) is 17.0. The van der Waals surface area contributed by atoms with E-state index < -0.39 is 10.0 Å². The van der Waals surface area contributed by atoms with Crippen LogP contribution in [0.2, 0.25) is 0 Å². The summed E-state index contributed by atoms with van der Waals surface area (Å²) in [6, 6.07) is 19.7. The summed E-state index contributed by atoms with van der Waals surface area (Å²) >= 11 is 4.85. The maximum Gasteiger partial charge on any atom is 0.261 e. The third-order valence-electron chi connectivity index (χ3n) is 5.18. The molecule has 1 heterocycles. The van der Waals surface area contributed by atoms with Gasteiger partial charge in [0.2, 0.25) is 5.91 Å². The molecule has 1 fully saturated rings. The SMILES string of the molecule is Cc1ccc(N2C(=O)CSC2c2cccc(NS(=O)(=O)c3ccc(Br)cc3)c2)cc1C. The second-order valence-electron chi connectivity index (χ2n) is 7.38. The van der Waals surface area contributed by atoms with Crippen molar-refractivity contribution in [2.75, 3.05) is 15.4 Å². The van der Waals surface area contributed by atoms with Crippen molar-refractivity contribution >= 4 is 55.0 Å². The van der Waals surface area contributed by atoms with E-state index in [0.717, 1.165) is 21.3 Å². The molecule has 160 valence electrons. The first-order valence-electron chi connectivity index (χ1n) is 9.64. The lowest BCUT2D eigenvalue weighted by Crippen LogP contribution is -2.28. The lowest BCUT2D eigenvalue weighted by molar-refractivity contribution is -0.115. The quantitative estimate of drug-likeness (QED) is 0.476. The van der Waals surface area contributed by atoms with Crippen LogP contribution in [0.3, 0.4) is 0 Å². The highest BCUT2D eigenvalue weighted by atomic mass is 79.9. The van der Waals surface area contributed by atoms with E-state index in [1.165, 1.54) is 17.3 Å². The number of anilines is 2. The minimum atomic E-state index is -3.72. The van der Waals surface area contributed by atoms with E-state index in [-0.39, 0.29) is 16.2 Å². The molecular weight excluding hydrogens is 496 g/mol. The Morgan fingerprint density at radius 2 is 1.74 bits per heavy atom. The van der Waals surface area contributed by atoms with E-state index in [1.54, 1.807) is 47.4 Å². The van der Waals surface area contributed by atoms with Crippen LogP contribution >= 0.6 is 27.7 Å². The Labute approximate surface area is 195 Å². The maximum absolute atomic E-state index is 12.8. The van der Waals surface area contributed by atoms with Crippen molar-refractivity contribution in [1.82, 2.24) is 0 Å². The largest absolute Gasteiger partial charge is 0.295 e. The normalized spacial score (nSPS) is 16.5. The van der Waals surface area contributed by atoms with Gasteiger partial charge in [-0.3, -0.25) is 14.4 Å². The average Bonchev–Trinajstić information content (AvgIpc) is 3.12. The number of thioether (sulfide) groups is 1. The summed E-state index contributed by atoms with van der Waals surface area (Å²) in [7, 11) is -3.72. The minimum absolute atomic E-state index is 0.0408. The highest BCUT2D eigenvalue weighted by Gasteiger charge is 2.34. The molecule has 1 unspecified atom stereocenters. The lowest BCUT2D eigenvalue weighted by atomic mass is 10.1. The van der Waals surface area contributed by atoms with E-state index in [2.05, 4.69) is 20.7 Å². The van der Waals surface area contributed by atoms with E-state index >= 15 is 0 Å². The molecule has 31 heavy (non-hydrogen) atoms. The van der Waals surface area contributed by atoms with Crippen LogP contribution in [0.15, 0.2) is 76.1 Å². The Kier molecular flexibility index (Phi) is 6.14.